The van der Waals surface area contributed by atoms with Gasteiger partial charge in [-0.25, -0.2) is 0 Å². The van der Waals surface area contributed by atoms with Crippen molar-refractivity contribution in [3.8, 4) is 0 Å². The van der Waals surface area contributed by atoms with E-state index in [1.165, 1.54) is 30.4 Å². The fourth-order valence-corrected chi connectivity index (χ4v) is 3.60. The molecule has 3 rings (SSSR count). The Kier molecular flexibility index (Phi) is 6.71. The predicted octanol–water partition coefficient (Wildman–Crippen LogP) is 3.80. The summed E-state index contributed by atoms with van der Waals surface area (Å²) in [6, 6.07) is 19.1. The first-order valence-electron chi connectivity index (χ1n) is 9.04. The van der Waals surface area contributed by atoms with Gasteiger partial charge in [0.05, 0.1) is 6.54 Å². The highest BCUT2D eigenvalue weighted by atomic mass is 35.5. The van der Waals surface area contributed by atoms with E-state index in [1.807, 2.05) is 12.1 Å². The van der Waals surface area contributed by atoms with Crippen molar-refractivity contribution in [1.29, 1.82) is 0 Å². The minimum atomic E-state index is 0.466. The Hall–Kier alpha value is -1.35. The predicted molar refractivity (Wildman–Crippen MR) is 99.6 cm³/mol. The summed E-state index contributed by atoms with van der Waals surface area (Å²) in [4.78, 5) is 0. The maximum atomic E-state index is 6.06. The fraction of sp³-hybridized carbons (Fsp3) is 0.429. The third kappa shape index (κ3) is 5.34. The van der Waals surface area contributed by atoms with Crippen molar-refractivity contribution in [3.63, 3.8) is 0 Å². The van der Waals surface area contributed by atoms with Crippen LogP contribution < -0.4 is 5.32 Å². The summed E-state index contributed by atoms with van der Waals surface area (Å²) >= 11 is 6.06. The number of benzene rings is 2. The van der Waals surface area contributed by atoms with E-state index in [-0.39, 0.29) is 0 Å². The molecule has 1 heterocycles. The van der Waals surface area contributed by atoms with Crippen LogP contribution in [0.25, 0.3) is 0 Å². The molecule has 0 spiro atoms. The average Bonchev–Trinajstić information content (AvgIpc) is 3.13. The molecule has 0 unspecified atom stereocenters. The van der Waals surface area contributed by atoms with E-state index < -0.39 is 0 Å². The third-order valence-electron chi connectivity index (χ3n) is 4.84. The highest BCUT2D eigenvalue weighted by Gasteiger charge is 2.18. The zero-order valence-corrected chi connectivity index (χ0v) is 14.9. The lowest BCUT2D eigenvalue weighted by Crippen LogP contribution is -2.86. The number of hydrogen-bond donors (Lipinski definition) is 1. The molecular weight excluding hydrogens is 318 g/mol. The smallest absolute Gasteiger partial charge is 0.106 e. The molecule has 1 fully saturated rings. The number of quaternary nitrogens is 1. The normalized spacial score (nSPS) is 18.6. The number of ether oxygens (including phenoxy) is 1. The van der Waals surface area contributed by atoms with Gasteiger partial charge in [-0.3, -0.25) is 0 Å². The van der Waals surface area contributed by atoms with Gasteiger partial charge in [0.1, 0.15) is 12.6 Å². The molecule has 128 valence electrons. The largest absolute Gasteiger partial charge is 0.372 e. The summed E-state index contributed by atoms with van der Waals surface area (Å²) < 4.78 is 5.71. The van der Waals surface area contributed by atoms with E-state index in [9.17, 15) is 0 Å². The molecule has 2 aromatic rings. The van der Waals surface area contributed by atoms with Crippen molar-refractivity contribution in [1.82, 2.24) is 0 Å². The van der Waals surface area contributed by atoms with Crippen LogP contribution in [0.1, 0.15) is 36.3 Å². The van der Waals surface area contributed by atoms with Crippen LogP contribution in [0, 0.1) is 0 Å². The third-order valence-corrected chi connectivity index (χ3v) is 5.09. The van der Waals surface area contributed by atoms with Crippen molar-refractivity contribution >= 4 is 11.6 Å². The Balaban J connectivity index is 1.57. The average molecular weight is 345 g/mol. The van der Waals surface area contributed by atoms with Crippen molar-refractivity contribution in [2.75, 3.05) is 19.7 Å². The Bertz CT molecular complexity index is 593. The van der Waals surface area contributed by atoms with E-state index in [0.29, 0.717) is 12.0 Å². The SMILES string of the molecule is Clc1ccc([C@@H](CC[NH2+]C[C@@H]2CCCO2)Cc2ccccc2)cc1. The topological polar surface area (TPSA) is 25.8 Å². The van der Waals surface area contributed by atoms with Crippen molar-refractivity contribution in [3.05, 3.63) is 70.7 Å². The Morgan fingerprint density at radius 1 is 1.08 bits per heavy atom. The van der Waals surface area contributed by atoms with Crippen LogP contribution in [-0.2, 0) is 11.2 Å². The van der Waals surface area contributed by atoms with Crippen LogP contribution in [0.3, 0.4) is 0 Å². The number of rotatable bonds is 8. The Labute approximate surface area is 150 Å². The van der Waals surface area contributed by atoms with E-state index in [2.05, 4.69) is 47.8 Å². The van der Waals surface area contributed by atoms with Crippen LogP contribution in [0.5, 0.6) is 0 Å². The number of nitrogens with two attached hydrogens (primary N) is 1. The molecule has 24 heavy (non-hydrogen) atoms. The molecule has 0 saturated carbocycles. The van der Waals surface area contributed by atoms with Crippen LogP contribution in [0.2, 0.25) is 5.02 Å². The van der Waals surface area contributed by atoms with Gasteiger partial charge in [0.2, 0.25) is 0 Å². The van der Waals surface area contributed by atoms with Gasteiger partial charge in [0.15, 0.2) is 0 Å². The van der Waals surface area contributed by atoms with Crippen LogP contribution in [0.15, 0.2) is 54.6 Å². The van der Waals surface area contributed by atoms with Crippen LogP contribution in [0.4, 0.5) is 0 Å². The summed E-state index contributed by atoms with van der Waals surface area (Å²) in [5, 5.41) is 3.23. The van der Waals surface area contributed by atoms with Crippen LogP contribution >= 0.6 is 11.6 Å². The van der Waals surface area contributed by atoms with E-state index in [4.69, 9.17) is 16.3 Å². The Morgan fingerprint density at radius 2 is 1.88 bits per heavy atom. The summed E-state index contributed by atoms with van der Waals surface area (Å²) in [7, 11) is 0. The van der Waals surface area contributed by atoms with E-state index in [0.717, 1.165) is 31.1 Å². The van der Waals surface area contributed by atoms with Crippen molar-refractivity contribution in [2.24, 2.45) is 0 Å². The molecule has 1 saturated heterocycles. The van der Waals surface area contributed by atoms with Crippen molar-refractivity contribution in [2.45, 2.75) is 37.7 Å². The molecule has 2 N–H and O–H groups in total. The highest BCUT2D eigenvalue weighted by Crippen LogP contribution is 2.25. The van der Waals surface area contributed by atoms with E-state index in [1.54, 1.807) is 0 Å². The molecule has 1 aliphatic rings. The first-order chi connectivity index (χ1) is 11.8. The Morgan fingerprint density at radius 3 is 2.58 bits per heavy atom. The molecular formula is C21H27ClNO+. The molecule has 2 atom stereocenters. The summed E-state index contributed by atoms with van der Waals surface area (Å²) in [6.07, 6.45) is 5.16. The zero-order chi connectivity index (χ0) is 16.6. The summed E-state index contributed by atoms with van der Waals surface area (Å²) in [6.45, 7) is 3.18. The van der Waals surface area contributed by atoms with Gasteiger partial charge in [-0.15, -0.1) is 0 Å². The molecule has 2 aromatic carbocycles. The zero-order valence-electron chi connectivity index (χ0n) is 14.2. The molecule has 0 bridgehead atoms. The van der Waals surface area contributed by atoms with Gasteiger partial charge in [0.25, 0.3) is 0 Å². The molecule has 0 aromatic heterocycles. The highest BCUT2D eigenvalue weighted by molar-refractivity contribution is 6.30. The lowest BCUT2D eigenvalue weighted by molar-refractivity contribution is -0.661. The first-order valence-corrected chi connectivity index (χ1v) is 9.42. The van der Waals surface area contributed by atoms with Gasteiger partial charge >= 0.3 is 0 Å². The monoisotopic (exact) mass is 344 g/mol. The molecule has 0 aliphatic carbocycles. The van der Waals surface area contributed by atoms with Gasteiger partial charge in [-0.2, -0.15) is 0 Å². The maximum absolute atomic E-state index is 6.06. The van der Waals surface area contributed by atoms with E-state index >= 15 is 0 Å². The van der Waals surface area contributed by atoms with Gasteiger partial charge in [0, 0.05) is 18.1 Å². The second kappa shape index (κ2) is 9.22. The maximum Gasteiger partial charge on any atom is 0.106 e. The molecule has 0 radical (unpaired) electrons. The minimum Gasteiger partial charge on any atom is -0.372 e. The van der Waals surface area contributed by atoms with Gasteiger partial charge in [-0.05, 0) is 48.4 Å². The number of hydrogen-bond acceptors (Lipinski definition) is 1. The van der Waals surface area contributed by atoms with Gasteiger partial charge in [-0.1, -0.05) is 54.1 Å². The van der Waals surface area contributed by atoms with Crippen molar-refractivity contribution < 1.29 is 10.1 Å². The minimum absolute atomic E-state index is 0.466. The van der Waals surface area contributed by atoms with Crippen LogP contribution in [-0.4, -0.2) is 25.8 Å². The summed E-state index contributed by atoms with van der Waals surface area (Å²) in [5.74, 6) is 0.533. The molecule has 1 aliphatic heterocycles. The second-order valence-corrected chi connectivity index (χ2v) is 7.11. The second-order valence-electron chi connectivity index (χ2n) is 6.67. The lowest BCUT2D eigenvalue weighted by Gasteiger charge is -2.18. The molecule has 2 nitrogen and oxygen atoms in total. The quantitative estimate of drug-likeness (QED) is 0.724. The number of halogens is 1. The fourth-order valence-electron chi connectivity index (χ4n) is 3.47. The first kappa shape index (κ1) is 17.5. The summed E-state index contributed by atoms with van der Waals surface area (Å²) in [5.41, 5.74) is 2.78. The molecule has 3 heteroatoms. The molecule has 0 amide bonds. The lowest BCUT2D eigenvalue weighted by atomic mass is 9.89. The standard InChI is InChI=1S/C21H26ClNO/c22-20-10-8-18(9-11-20)19(15-17-5-2-1-3-6-17)12-13-23-16-21-7-4-14-24-21/h1-3,5-6,8-11,19,21,23H,4,7,12-16H2/p+1/t19-,21-/m0/s1. The van der Waals surface area contributed by atoms with Gasteiger partial charge < -0.3 is 10.1 Å².